The van der Waals surface area contributed by atoms with Crippen LogP contribution in [-0.2, 0) is 0 Å². The molecule has 4 heteroatoms. The maximum atomic E-state index is 6.93. The van der Waals surface area contributed by atoms with Crippen LogP contribution in [0.5, 0.6) is 23.0 Å². The van der Waals surface area contributed by atoms with Crippen molar-refractivity contribution in [3.05, 3.63) is 158 Å². The van der Waals surface area contributed by atoms with Crippen LogP contribution in [0.3, 0.4) is 0 Å². The van der Waals surface area contributed by atoms with Gasteiger partial charge in [-0.25, -0.2) is 0 Å². The van der Waals surface area contributed by atoms with Gasteiger partial charge in [-0.2, -0.15) is 0 Å². The molecular weight excluding hydrogens is 552 g/mol. The molecule has 0 atom stereocenters. The molecule has 1 aliphatic rings. The molecule has 3 heterocycles. The number of rotatable bonds is 2. The molecule has 6 aromatic carbocycles. The van der Waals surface area contributed by atoms with E-state index in [4.69, 9.17) is 9.47 Å². The monoisotopic (exact) mass is 578 g/mol. The summed E-state index contributed by atoms with van der Waals surface area (Å²) < 4.78 is 16.1. The largest absolute Gasteiger partial charge is 0.456 e. The highest BCUT2D eigenvalue weighted by Crippen LogP contribution is 2.48. The van der Waals surface area contributed by atoms with Crippen molar-refractivity contribution in [2.45, 2.75) is 0 Å². The highest BCUT2D eigenvalue weighted by atomic mass is 16.5. The van der Waals surface area contributed by atoms with Crippen LogP contribution in [-0.4, -0.2) is 9.55 Å². The van der Waals surface area contributed by atoms with Crippen molar-refractivity contribution in [2.75, 3.05) is 0 Å². The van der Waals surface area contributed by atoms with Crippen LogP contribution in [0.15, 0.2) is 158 Å². The number of hydrogen-bond acceptors (Lipinski definition) is 3. The zero-order valence-electron chi connectivity index (χ0n) is 24.2. The van der Waals surface area contributed by atoms with E-state index in [-0.39, 0.29) is 0 Å². The first-order chi connectivity index (χ1) is 22.3. The van der Waals surface area contributed by atoms with Gasteiger partial charge in [-0.1, -0.05) is 78.9 Å². The molecule has 0 bridgehead atoms. The number of ether oxygens (including phenoxy) is 2. The molecule has 0 radical (unpaired) electrons. The molecule has 45 heavy (non-hydrogen) atoms. The first-order valence-electron chi connectivity index (χ1n) is 15.0. The second kappa shape index (κ2) is 10.2. The fourth-order valence-electron chi connectivity index (χ4n) is 6.50. The van der Waals surface area contributed by atoms with Crippen LogP contribution < -0.4 is 9.47 Å². The average molecular weight is 579 g/mol. The molecule has 0 fully saturated rings. The van der Waals surface area contributed by atoms with Crippen molar-refractivity contribution in [1.29, 1.82) is 0 Å². The third-order valence-corrected chi connectivity index (χ3v) is 8.59. The van der Waals surface area contributed by atoms with Crippen molar-refractivity contribution in [1.82, 2.24) is 9.55 Å². The lowest BCUT2D eigenvalue weighted by Crippen LogP contribution is -2.00. The molecule has 0 saturated carbocycles. The van der Waals surface area contributed by atoms with Crippen molar-refractivity contribution < 1.29 is 9.47 Å². The number of hydrogen-bond donors (Lipinski definition) is 0. The molecular formula is C41H26N2O2. The van der Waals surface area contributed by atoms with E-state index >= 15 is 0 Å². The van der Waals surface area contributed by atoms with Gasteiger partial charge in [0.2, 0.25) is 0 Å². The van der Waals surface area contributed by atoms with Crippen LogP contribution in [0.25, 0.3) is 60.9 Å². The Morgan fingerprint density at radius 1 is 0.400 bits per heavy atom. The second-order valence-electron chi connectivity index (χ2n) is 11.2. The Morgan fingerprint density at radius 3 is 1.56 bits per heavy atom. The first kappa shape index (κ1) is 25.4. The van der Waals surface area contributed by atoms with Crippen LogP contribution in [0.2, 0.25) is 0 Å². The molecule has 9 rings (SSSR count). The van der Waals surface area contributed by atoms with Crippen molar-refractivity contribution in [3.63, 3.8) is 0 Å². The Bertz CT molecular complexity index is 2340. The van der Waals surface area contributed by atoms with E-state index in [1.165, 1.54) is 10.8 Å². The Hall–Kier alpha value is -6.13. The van der Waals surface area contributed by atoms with Gasteiger partial charge < -0.3 is 14.0 Å². The standard InChI is InChI=1S/C41H26N2O2/c1-5-13-36-30(9-1)31-10-2-6-14-37(31)43(36)29-18-20-35-34-19-17-28(27-21-23-42-24-22-27)25-40(34)44-38-15-7-3-11-32(38)33-12-4-8-16-39(33)45-41(35)26-29/h1-26H. The topological polar surface area (TPSA) is 36.3 Å². The summed E-state index contributed by atoms with van der Waals surface area (Å²) in [6.45, 7) is 0. The zero-order chi connectivity index (χ0) is 29.7. The Labute approximate surface area is 260 Å². The molecule has 0 amide bonds. The summed E-state index contributed by atoms with van der Waals surface area (Å²) in [6.07, 6.45) is 3.63. The van der Waals surface area contributed by atoms with Crippen LogP contribution in [0.1, 0.15) is 0 Å². The van der Waals surface area contributed by atoms with E-state index in [1.807, 2.05) is 60.9 Å². The first-order valence-corrected chi connectivity index (χ1v) is 15.0. The normalized spacial score (nSPS) is 11.9. The van der Waals surface area contributed by atoms with Crippen molar-refractivity contribution in [2.24, 2.45) is 0 Å². The molecule has 1 aliphatic heterocycles. The molecule has 2 aromatic heterocycles. The van der Waals surface area contributed by atoms with Crippen molar-refractivity contribution in [3.8, 4) is 62.1 Å². The Morgan fingerprint density at radius 2 is 0.911 bits per heavy atom. The third kappa shape index (κ3) is 4.19. The number of nitrogens with zero attached hydrogens (tertiary/aromatic N) is 2. The lowest BCUT2D eigenvalue weighted by Gasteiger charge is -2.22. The average Bonchev–Trinajstić information content (AvgIpc) is 3.44. The molecule has 8 aromatic rings. The second-order valence-corrected chi connectivity index (χ2v) is 11.2. The van der Waals surface area contributed by atoms with Gasteiger partial charge in [0.25, 0.3) is 0 Å². The van der Waals surface area contributed by atoms with Gasteiger partial charge >= 0.3 is 0 Å². The number of fused-ring (bicyclic) bond motifs is 9. The highest BCUT2D eigenvalue weighted by molar-refractivity contribution is 6.09. The van der Waals surface area contributed by atoms with Crippen molar-refractivity contribution >= 4 is 21.8 Å². The van der Waals surface area contributed by atoms with E-state index in [2.05, 4.69) is 107 Å². The SMILES string of the molecule is c1ccc2c(c1)Oc1cc(-c3ccncc3)ccc1-c1ccc(-n3c4ccccc4c4ccccc43)cc1Oc1ccccc1-2. The van der Waals surface area contributed by atoms with Crippen LogP contribution in [0, 0.1) is 0 Å². The predicted molar refractivity (Wildman–Crippen MR) is 181 cm³/mol. The molecule has 4 nitrogen and oxygen atoms in total. The molecule has 212 valence electrons. The Balaban J connectivity index is 1.31. The van der Waals surface area contributed by atoms with Gasteiger partial charge in [-0.05, 0) is 71.8 Å². The summed E-state index contributed by atoms with van der Waals surface area (Å²) in [5, 5.41) is 2.44. The fourth-order valence-corrected chi connectivity index (χ4v) is 6.50. The minimum absolute atomic E-state index is 0.753. The summed E-state index contributed by atoms with van der Waals surface area (Å²) in [5.74, 6) is 3.05. The van der Waals surface area contributed by atoms with Gasteiger partial charge in [0.15, 0.2) is 0 Å². The van der Waals surface area contributed by atoms with Gasteiger partial charge in [0, 0.05) is 57.2 Å². The minimum Gasteiger partial charge on any atom is -0.456 e. The summed E-state index contributed by atoms with van der Waals surface area (Å²) >= 11 is 0. The van der Waals surface area contributed by atoms with Gasteiger partial charge in [0.05, 0.1) is 11.0 Å². The number of pyridine rings is 1. The van der Waals surface area contributed by atoms with Crippen LogP contribution in [0.4, 0.5) is 0 Å². The van der Waals surface area contributed by atoms with E-state index in [1.54, 1.807) is 0 Å². The van der Waals surface area contributed by atoms with Crippen LogP contribution >= 0.6 is 0 Å². The number of aromatic nitrogens is 2. The smallest absolute Gasteiger partial charge is 0.137 e. The summed E-state index contributed by atoms with van der Waals surface area (Å²) in [6, 6.07) is 50.3. The molecule has 0 aliphatic carbocycles. The summed E-state index contributed by atoms with van der Waals surface area (Å²) in [4.78, 5) is 4.21. The summed E-state index contributed by atoms with van der Waals surface area (Å²) in [5.41, 5.74) is 9.29. The molecule has 0 spiro atoms. The maximum absolute atomic E-state index is 6.93. The van der Waals surface area contributed by atoms with Gasteiger partial charge in [-0.15, -0.1) is 0 Å². The molecule has 0 saturated heterocycles. The summed E-state index contributed by atoms with van der Waals surface area (Å²) in [7, 11) is 0. The zero-order valence-corrected chi connectivity index (χ0v) is 24.2. The van der Waals surface area contributed by atoms with E-state index in [0.29, 0.717) is 0 Å². The van der Waals surface area contributed by atoms with Gasteiger partial charge in [-0.3, -0.25) is 4.98 Å². The maximum Gasteiger partial charge on any atom is 0.137 e. The lowest BCUT2D eigenvalue weighted by atomic mass is 9.97. The molecule has 0 unspecified atom stereocenters. The fraction of sp³-hybridized carbons (Fsp3) is 0. The quantitative estimate of drug-likeness (QED) is 0.205. The highest BCUT2D eigenvalue weighted by Gasteiger charge is 2.22. The predicted octanol–water partition coefficient (Wildman–Crippen LogP) is 11.1. The lowest BCUT2D eigenvalue weighted by molar-refractivity contribution is 0.472. The minimum atomic E-state index is 0.753. The molecule has 0 N–H and O–H groups in total. The van der Waals surface area contributed by atoms with E-state index in [0.717, 1.165) is 73.1 Å². The van der Waals surface area contributed by atoms with Gasteiger partial charge in [0.1, 0.15) is 23.0 Å². The van der Waals surface area contributed by atoms with E-state index in [9.17, 15) is 0 Å². The number of para-hydroxylation sites is 4. The third-order valence-electron chi connectivity index (χ3n) is 8.59. The number of benzene rings is 6. The van der Waals surface area contributed by atoms with E-state index < -0.39 is 0 Å². The Kier molecular flexibility index (Phi) is 5.78.